The van der Waals surface area contributed by atoms with Gasteiger partial charge in [-0.3, -0.25) is 4.79 Å². The molecule has 0 aliphatic rings. The monoisotopic (exact) mass is 420 g/mol. The third-order valence-corrected chi connectivity index (χ3v) is 4.54. The van der Waals surface area contributed by atoms with Gasteiger partial charge < -0.3 is 9.80 Å². The molecule has 3 aromatic rings. The van der Waals surface area contributed by atoms with Crippen LogP contribution in [0.5, 0.6) is 0 Å². The number of nitrogens with zero attached hydrogens (tertiary/aromatic N) is 6. The minimum Gasteiger partial charge on any atom is -0.330 e. The predicted molar refractivity (Wildman–Crippen MR) is 105 cm³/mol. The van der Waals surface area contributed by atoms with E-state index in [0.29, 0.717) is 24.4 Å². The minimum atomic E-state index is -4.45. The van der Waals surface area contributed by atoms with Gasteiger partial charge in [-0.05, 0) is 51.7 Å². The Hall–Kier alpha value is -3.01. The van der Waals surface area contributed by atoms with Crippen LogP contribution in [0.1, 0.15) is 33.1 Å². The molecule has 3 rings (SSSR count). The van der Waals surface area contributed by atoms with E-state index in [0.717, 1.165) is 23.5 Å². The second-order valence-corrected chi connectivity index (χ2v) is 7.41. The average Bonchev–Trinajstić information content (AvgIpc) is 3.08. The summed E-state index contributed by atoms with van der Waals surface area (Å²) in [6.45, 7) is 4.51. The Balaban J connectivity index is 1.92. The second kappa shape index (κ2) is 8.39. The summed E-state index contributed by atoms with van der Waals surface area (Å²) in [6, 6.07) is 6.80. The van der Waals surface area contributed by atoms with E-state index in [2.05, 4.69) is 15.1 Å². The first kappa shape index (κ1) is 21.7. The SMILES string of the molecule is Cc1cc(C)n2nc(C(=O)N(CCN(C)C)Cc3cccc(C(F)(F)F)c3)nc2n1. The fourth-order valence-electron chi connectivity index (χ4n) is 3.04. The van der Waals surface area contributed by atoms with Crippen molar-refractivity contribution in [2.24, 2.45) is 0 Å². The molecule has 30 heavy (non-hydrogen) atoms. The van der Waals surface area contributed by atoms with Crippen LogP contribution >= 0.6 is 0 Å². The summed E-state index contributed by atoms with van der Waals surface area (Å²) in [7, 11) is 3.71. The summed E-state index contributed by atoms with van der Waals surface area (Å²) in [4.78, 5) is 25.0. The van der Waals surface area contributed by atoms with E-state index < -0.39 is 17.6 Å². The molecule has 10 heteroatoms. The van der Waals surface area contributed by atoms with Crippen LogP contribution in [0.15, 0.2) is 30.3 Å². The fourth-order valence-corrected chi connectivity index (χ4v) is 3.04. The zero-order valence-corrected chi connectivity index (χ0v) is 17.2. The minimum absolute atomic E-state index is 0.0115. The normalized spacial score (nSPS) is 12.0. The lowest BCUT2D eigenvalue weighted by atomic mass is 10.1. The third kappa shape index (κ3) is 4.93. The fraction of sp³-hybridized carbons (Fsp3) is 0.400. The van der Waals surface area contributed by atoms with Crippen LogP contribution in [0.25, 0.3) is 5.78 Å². The second-order valence-electron chi connectivity index (χ2n) is 7.41. The molecule has 1 aromatic carbocycles. The van der Waals surface area contributed by atoms with E-state index in [9.17, 15) is 18.0 Å². The van der Waals surface area contributed by atoms with Crippen molar-refractivity contribution in [3.8, 4) is 0 Å². The molecule has 1 amide bonds. The zero-order chi connectivity index (χ0) is 22.1. The highest BCUT2D eigenvalue weighted by atomic mass is 19.4. The maximum atomic E-state index is 13.1. The summed E-state index contributed by atoms with van der Waals surface area (Å²) in [5, 5.41) is 4.26. The van der Waals surface area contributed by atoms with Gasteiger partial charge in [0.05, 0.1) is 5.56 Å². The largest absolute Gasteiger partial charge is 0.416 e. The van der Waals surface area contributed by atoms with Gasteiger partial charge in [0, 0.05) is 31.0 Å². The average molecular weight is 420 g/mol. The van der Waals surface area contributed by atoms with Gasteiger partial charge >= 0.3 is 6.18 Å². The van der Waals surface area contributed by atoms with Crippen LogP contribution in [0.4, 0.5) is 13.2 Å². The van der Waals surface area contributed by atoms with E-state index in [1.165, 1.54) is 15.5 Å². The molecule has 0 aliphatic carbocycles. The topological polar surface area (TPSA) is 66.6 Å². The first-order valence-electron chi connectivity index (χ1n) is 9.36. The molecule has 0 spiro atoms. The first-order valence-corrected chi connectivity index (χ1v) is 9.36. The highest BCUT2D eigenvalue weighted by Gasteiger charge is 2.31. The smallest absolute Gasteiger partial charge is 0.330 e. The molecule has 0 fully saturated rings. The van der Waals surface area contributed by atoms with Crippen LogP contribution in [0.2, 0.25) is 0 Å². The molecule has 7 nitrogen and oxygen atoms in total. The molecule has 0 N–H and O–H groups in total. The van der Waals surface area contributed by atoms with E-state index >= 15 is 0 Å². The molecule has 0 atom stereocenters. The van der Waals surface area contributed by atoms with Crippen molar-refractivity contribution in [3.05, 3.63) is 58.7 Å². The Labute approximate surface area is 172 Å². The number of rotatable bonds is 6. The molecular formula is C20H23F3N6O. The Morgan fingerprint density at radius 3 is 2.50 bits per heavy atom. The standard InChI is InChI=1S/C20H23F3N6O/c1-13-10-14(2)29-19(24-13)25-17(26-29)18(30)28(9-8-27(3)4)12-15-6-5-7-16(11-15)20(21,22)23/h5-7,10-11H,8-9,12H2,1-4H3. The van der Waals surface area contributed by atoms with Crippen molar-refractivity contribution in [2.75, 3.05) is 27.2 Å². The number of fused-ring (bicyclic) bond motifs is 1. The summed E-state index contributed by atoms with van der Waals surface area (Å²) in [5.41, 5.74) is 1.16. The number of halogens is 3. The number of carbonyl (C=O) groups excluding carboxylic acids is 1. The predicted octanol–water partition coefficient (Wildman–Crippen LogP) is 2.96. The van der Waals surface area contributed by atoms with Crippen LogP contribution in [-0.4, -0.2) is 62.5 Å². The number of hydrogen-bond donors (Lipinski definition) is 0. The van der Waals surface area contributed by atoms with Gasteiger partial charge in [-0.15, -0.1) is 5.10 Å². The number of alkyl halides is 3. The van der Waals surface area contributed by atoms with Gasteiger partial charge in [0.1, 0.15) is 0 Å². The van der Waals surface area contributed by atoms with Gasteiger partial charge in [0.25, 0.3) is 11.7 Å². The highest BCUT2D eigenvalue weighted by Crippen LogP contribution is 2.29. The van der Waals surface area contributed by atoms with E-state index in [1.807, 2.05) is 38.9 Å². The Bertz CT molecular complexity index is 1060. The Morgan fingerprint density at radius 2 is 1.83 bits per heavy atom. The lowest BCUT2D eigenvalue weighted by Crippen LogP contribution is -2.37. The zero-order valence-electron chi connectivity index (χ0n) is 17.2. The number of hydrogen-bond acceptors (Lipinski definition) is 5. The van der Waals surface area contributed by atoms with Gasteiger partial charge in [0.15, 0.2) is 0 Å². The number of aryl methyl sites for hydroxylation is 2. The lowest BCUT2D eigenvalue weighted by Gasteiger charge is -2.23. The van der Waals surface area contributed by atoms with Gasteiger partial charge in [-0.1, -0.05) is 12.1 Å². The Morgan fingerprint density at radius 1 is 1.10 bits per heavy atom. The van der Waals surface area contributed by atoms with Crippen molar-refractivity contribution in [2.45, 2.75) is 26.6 Å². The molecule has 0 aliphatic heterocycles. The molecule has 0 bridgehead atoms. The van der Waals surface area contributed by atoms with Crippen molar-refractivity contribution in [1.29, 1.82) is 0 Å². The van der Waals surface area contributed by atoms with Crippen molar-refractivity contribution in [3.63, 3.8) is 0 Å². The molecular weight excluding hydrogens is 397 g/mol. The maximum absolute atomic E-state index is 13.1. The molecule has 2 aromatic heterocycles. The summed E-state index contributed by atoms with van der Waals surface area (Å²) >= 11 is 0. The quantitative estimate of drug-likeness (QED) is 0.614. The third-order valence-electron chi connectivity index (χ3n) is 4.54. The molecule has 2 heterocycles. The lowest BCUT2D eigenvalue weighted by molar-refractivity contribution is -0.137. The maximum Gasteiger partial charge on any atom is 0.416 e. The molecule has 0 saturated carbocycles. The summed E-state index contributed by atoms with van der Waals surface area (Å²) < 4.78 is 40.6. The number of likely N-dealkylation sites (N-methyl/N-ethyl adjacent to an activating group) is 1. The van der Waals surface area contributed by atoms with Gasteiger partial charge in [-0.25, -0.2) is 9.50 Å². The van der Waals surface area contributed by atoms with Crippen molar-refractivity contribution >= 4 is 11.7 Å². The molecule has 0 saturated heterocycles. The summed E-state index contributed by atoms with van der Waals surface area (Å²) in [5.74, 6) is -0.193. The number of carbonyl (C=O) groups is 1. The Kier molecular flexibility index (Phi) is 6.06. The molecule has 160 valence electrons. The first-order chi connectivity index (χ1) is 14.0. The number of aromatic nitrogens is 4. The van der Waals surface area contributed by atoms with Crippen LogP contribution in [-0.2, 0) is 12.7 Å². The molecule has 0 unspecified atom stereocenters. The van der Waals surface area contributed by atoms with Crippen molar-refractivity contribution in [1.82, 2.24) is 29.4 Å². The van der Waals surface area contributed by atoms with Gasteiger partial charge in [-0.2, -0.15) is 18.2 Å². The van der Waals surface area contributed by atoms with Crippen LogP contribution < -0.4 is 0 Å². The number of amides is 1. The van der Waals surface area contributed by atoms with E-state index in [-0.39, 0.29) is 12.4 Å². The van der Waals surface area contributed by atoms with Crippen LogP contribution in [0.3, 0.4) is 0 Å². The van der Waals surface area contributed by atoms with E-state index in [4.69, 9.17) is 0 Å². The molecule has 0 radical (unpaired) electrons. The van der Waals surface area contributed by atoms with Crippen LogP contribution in [0, 0.1) is 13.8 Å². The summed E-state index contributed by atoms with van der Waals surface area (Å²) in [6.07, 6.45) is -4.45. The highest BCUT2D eigenvalue weighted by molar-refractivity contribution is 5.90. The van der Waals surface area contributed by atoms with Crippen molar-refractivity contribution < 1.29 is 18.0 Å². The number of benzene rings is 1. The van der Waals surface area contributed by atoms with Gasteiger partial charge in [0.2, 0.25) is 5.82 Å². The van der Waals surface area contributed by atoms with E-state index in [1.54, 1.807) is 6.07 Å².